The largest absolute Gasteiger partial charge is 0.481 e. The van der Waals surface area contributed by atoms with E-state index in [0.29, 0.717) is 28.5 Å². The van der Waals surface area contributed by atoms with Crippen LogP contribution >= 0.6 is 23.2 Å². The Balaban J connectivity index is 2.04. The van der Waals surface area contributed by atoms with Gasteiger partial charge in [0.1, 0.15) is 0 Å². The van der Waals surface area contributed by atoms with E-state index in [2.05, 4.69) is 5.32 Å². The van der Waals surface area contributed by atoms with Crippen molar-refractivity contribution in [2.24, 2.45) is 5.92 Å². The van der Waals surface area contributed by atoms with Crippen LogP contribution in [-0.4, -0.2) is 23.0 Å². The molecule has 1 amide bonds. The number of rotatable bonds is 3. The summed E-state index contributed by atoms with van der Waals surface area (Å²) in [7, 11) is 0. The molecule has 6 heteroatoms. The van der Waals surface area contributed by atoms with Crippen LogP contribution in [0.15, 0.2) is 18.2 Å². The van der Waals surface area contributed by atoms with Crippen LogP contribution in [-0.2, 0) is 4.79 Å². The zero-order chi connectivity index (χ0) is 14.7. The molecule has 4 nitrogen and oxygen atoms in total. The van der Waals surface area contributed by atoms with Gasteiger partial charge in [0.25, 0.3) is 5.91 Å². The van der Waals surface area contributed by atoms with Crippen molar-refractivity contribution in [1.82, 2.24) is 5.32 Å². The van der Waals surface area contributed by atoms with Gasteiger partial charge in [0.05, 0.1) is 16.5 Å². The summed E-state index contributed by atoms with van der Waals surface area (Å²) in [5, 5.41) is 12.6. The number of benzene rings is 1. The first kappa shape index (κ1) is 15.1. The second-order valence-corrected chi connectivity index (χ2v) is 5.84. The van der Waals surface area contributed by atoms with E-state index in [1.165, 1.54) is 6.07 Å². The average Bonchev–Trinajstić information content (AvgIpc) is 2.41. The molecule has 0 aromatic heterocycles. The number of amides is 1. The molecule has 2 N–H and O–H groups in total. The van der Waals surface area contributed by atoms with Crippen LogP contribution in [0.4, 0.5) is 0 Å². The standard InChI is InChI=1S/C14H15Cl2NO3/c15-9-4-5-12(16)11(7-9)13(18)17-10-3-1-2-8(6-10)14(19)20/h4-5,7-8,10H,1-3,6H2,(H,17,18)(H,19,20). The number of hydrogen-bond donors (Lipinski definition) is 2. The fourth-order valence-corrected chi connectivity index (χ4v) is 2.86. The Labute approximate surface area is 127 Å². The number of carboxylic acids is 1. The monoisotopic (exact) mass is 315 g/mol. The smallest absolute Gasteiger partial charge is 0.306 e. The predicted molar refractivity (Wildman–Crippen MR) is 77.3 cm³/mol. The molecule has 0 aliphatic heterocycles. The highest BCUT2D eigenvalue weighted by atomic mass is 35.5. The van der Waals surface area contributed by atoms with Crippen LogP contribution < -0.4 is 5.32 Å². The normalized spacial score (nSPS) is 22.3. The highest BCUT2D eigenvalue weighted by Crippen LogP contribution is 2.26. The number of hydrogen-bond acceptors (Lipinski definition) is 2. The molecule has 0 bridgehead atoms. The number of nitrogens with one attached hydrogen (secondary N) is 1. The summed E-state index contributed by atoms with van der Waals surface area (Å²) in [6.45, 7) is 0. The second kappa shape index (κ2) is 6.46. The van der Waals surface area contributed by atoms with Gasteiger partial charge in [0.15, 0.2) is 0 Å². The molecule has 1 aromatic rings. The van der Waals surface area contributed by atoms with E-state index in [1.54, 1.807) is 12.1 Å². The van der Waals surface area contributed by atoms with Gasteiger partial charge in [0.2, 0.25) is 0 Å². The Morgan fingerprint density at radius 2 is 2.00 bits per heavy atom. The lowest BCUT2D eigenvalue weighted by atomic mass is 9.85. The van der Waals surface area contributed by atoms with Crippen molar-refractivity contribution in [1.29, 1.82) is 0 Å². The van der Waals surface area contributed by atoms with Crippen LogP contribution in [0.3, 0.4) is 0 Å². The molecule has 2 atom stereocenters. The molecule has 0 heterocycles. The molecule has 1 saturated carbocycles. The van der Waals surface area contributed by atoms with Gasteiger partial charge in [-0.1, -0.05) is 29.6 Å². The van der Waals surface area contributed by atoms with Crippen molar-refractivity contribution in [2.45, 2.75) is 31.7 Å². The SMILES string of the molecule is O=C(NC1CCCC(C(=O)O)C1)c1cc(Cl)ccc1Cl. The Bertz CT molecular complexity index is 533. The number of carbonyl (C=O) groups is 2. The first-order valence-electron chi connectivity index (χ1n) is 6.46. The van der Waals surface area contributed by atoms with Crippen LogP contribution in [0.25, 0.3) is 0 Å². The van der Waals surface area contributed by atoms with Gasteiger partial charge in [0, 0.05) is 11.1 Å². The maximum atomic E-state index is 12.2. The van der Waals surface area contributed by atoms with E-state index in [9.17, 15) is 9.59 Å². The quantitative estimate of drug-likeness (QED) is 0.898. The molecule has 1 aliphatic rings. The van der Waals surface area contributed by atoms with Gasteiger partial charge in [-0.25, -0.2) is 0 Å². The summed E-state index contributed by atoms with van der Waals surface area (Å²) >= 11 is 11.8. The number of carbonyl (C=O) groups excluding carboxylic acids is 1. The topological polar surface area (TPSA) is 66.4 Å². The maximum Gasteiger partial charge on any atom is 0.306 e. The van der Waals surface area contributed by atoms with E-state index in [0.717, 1.165) is 12.8 Å². The second-order valence-electron chi connectivity index (χ2n) is 5.00. The Kier molecular flexibility index (Phi) is 4.89. The summed E-state index contributed by atoms with van der Waals surface area (Å²) in [5.41, 5.74) is 0.316. The summed E-state index contributed by atoms with van der Waals surface area (Å²) in [5.74, 6) is -1.50. The summed E-state index contributed by atoms with van der Waals surface area (Å²) in [6, 6.07) is 4.56. The lowest BCUT2D eigenvalue weighted by Crippen LogP contribution is -2.40. The van der Waals surface area contributed by atoms with E-state index >= 15 is 0 Å². The van der Waals surface area contributed by atoms with Crippen molar-refractivity contribution < 1.29 is 14.7 Å². The summed E-state index contributed by atoms with van der Waals surface area (Å²) < 4.78 is 0. The Hall–Kier alpha value is -1.26. The summed E-state index contributed by atoms with van der Waals surface area (Å²) in [6.07, 6.45) is 2.71. The molecule has 0 radical (unpaired) electrons. The third-order valence-electron chi connectivity index (χ3n) is 3.53. The predicted octanol–water partition coefficient (Wildman–Crippen LogP) is 3.37. The van der Waals surface area contributed by atoms with Gasteiger partial charge in [-0.2, -0.15) is 0 Å². The van der Waals surface area contributed by atoms with E-state index in [-0.39, 0.29) is 17.9 Å². The number of carboxylic acid groups (broad SMARTS) is 1. The Morgan fingerprint density at radius 3 is 2.70 bits per heavy atom. The fraction of sp³-hybridized carbons (Fsp3) is 0.429. The first-order valence-corrected chi connectivity index (χ1v) is 7.21. The molecule has 108 valence electrons. The molecular weight excluding hydrogens is 301 g/mol. The van der Waals surface area contributed by atoms with Crippen molar-refractivity contribution in [2.75, 3.05) is 0 Å². The zero-order valence-corrected chi connectivity index (χ0v) is 12.2. The van der Waals surface area contributed by atoms with E-state index in [1.807, 2.05) is 0 Å². The maximum absolute atomic E-state index is 12.2. The third kappa shape index (κ3) is 3.64. The van der Waals surface area contributed by atoms with Crippen molar-refractivity contribution >= 4 is 35.1 Å². The molecule has 1 fully saturated rings. The van der Waals surface area contributed by atoms with E-state index in [4.69, 9.17) is 28.3 Å². The minimum atomic E-state index is -0.801. The summed E-state index contributed by atoms with van der Waals surface area (Å²) in [4.78, 5) is 23.2. The van der Waals surface area contributed by atoms with Gasteiger partial charge in [-0.05, 0) is 37.5 Å². The fourth-order valence-electron chi connectivity index (χ4n) is 2.48. The highest BCUT2D eigenvalue weighted by Gasteiger charge is 2.28. The molecule has 20 heavy (non-hydrogen) atoms. The van der Waals surface area contributed by atoms with Crippen molar-refractivity contribution in [3.8, 4) is 0 Å². The lowest BCUT2D eigenvalue weighted by molar-refractivity contribution is -0.143. The lowest BCUT2D eigenvalue weighted by Gasteiger charge is -2.27. The van der Waals surface area contributed by atoms with Gasteiger partial charge >= 0.3 is 5.97 Å². The minimum Gasteiger partial charge on any atom is -0.481 e. The van der Waals surface area contributed by atoms with Crippen LogP contribution in [0.5, 0.6) is 0 Å². The van der Waals surface area contributed by atoms with Crippen LogP contribution in [0.2, 0.25) is 10.0 Å². The van der Waals surface area contributed by atoms with Crippen LogP contribution in [0, 0.1) is 5.92 Å². The van der Waals surface area contributed by atoms with Gasteiger partial charge in [-0.15, -0.1) is 0 Å². The molecular formula is C14H15Cl2NO3. The van der Waals surface area contributed by atoms with Crippen LogP contribution in [0.1, 0.15) is 36.0 Å². The third-order valence-corrected chi connectivity index (χ3v) is 4.10. The van der Waals surface area contributed by atoms with Gasteiger partial charge < -0.3 is 10.4 Å². The molecule has 0 saturated heterocycles. The van der Waals surface area contributed by atoms with E-state index < -0.39 is 5.97 Å². The van der Waals surface area contributed by atoms with Crippen molar-refractivity contribution in [3.05, 3.63) is 33.8 Å². The molecule has 1 aliphatic carbocycles. The average molecular weight is 316 g/mol. The number of aliphatic carboxylic acids is 1. The van der Waals surface area contributed by atoms with Crippen molar-refractivity contribution in [3.63, 3.8) is 0 Å². The minimum absolute atomic E-state index is 0.132. The van der Waals surface area contributed by atoms with Gasteiger partial charge in [-0.3, -0.25) is 9.59 Å². The molecule has 2 rings (SSSR count). The first-order chi connectivity index (χ1) is 9.47. The molecule has 2 unspecified atom stereocenters. The molecule has 0 spiro atoms. The number of halogens is 2. The Morgan fingerprint density at radius 1 is 1.25 bits per heavy atom. The zero-order valence-electron chi connectivity index (χ0n) is 10.7. The highest BCUT2D eigenvalue weighted by molar-refractivity contribution is 6.35. The molecule has 1 aromatic carbocycles.